The van der Waals surface area contributed by atoms with Crippen molar-refractivity contribution in [3.63, 3.8) is 0 Å². The molecular weight excluding hydrogens is 292 g/mol. The molecule has 110 valence electrons. The lowest BCUT2D eigenvalue weighted by Crippen LogP contribution is -2.08. The average Bonchev–Trinajstić information content (AvgIpc) is 2.88. The molecule has 1 aromatic heterocycles. The lowest BCUT2D eigenvalue weighted by atomic mass is 9.95. The summed E-state index contributed by atoms with van der Waals surface area (Å²) in [7, 11) is 1.55. The van der Waals surface area contributed by atoms with Gasteiger partial charge >= 0.3 is 5.97 Å². The zero-order chi connectivity index (χ0) is 15.0. The molecule has 0 fully saturated rings. The van der Waals surface area contributed by atoms with Gasteiger partial charge in [0.25, 0.3) is 0 Å². The smallest absolute Gasteiger partial charge is 0.356 e. The number of methoxy groups -OCH3 is 1. The van der Waals surface area contributed by atoms with Crippen LogP contribution < -0.4 is 4.74 Å². The van der Waals surface area contributed by atoms with E-state index in [2.05, 4.69) is 5.10 Å². The van der Waals surface area contributed by atoms with Crippen LogP contribution in [0.1, 0.15) is 34.6 Å². The Labute approximate surface area is 127 Å². The van der Waals surface area contributed by atoms with Crippen molar-refractivity contribution in [3.05, 3.63) is 40.2 Å². The highest BCUT2D eigenvalue weighted by Crippen LogP contribution is 2.30. The molecule has 0 radical (unpaired) electrons. The van der Waals surface area contributed by atoms with Crippen LogP contribution in [0.4, 0.5) is 0 Å². The highest BCUT2D eigenvalue weighted by atomic mass is 35.5. The average molecular weight is 307 g/mol. The third-order valence-electron chi connectivity index (χ3n) is 3.76. The molecule has 0 bridgehead atoms. The van der Waals surface area contributed by atoms with Gasteiger partial charge in [-0.2, -0.15) is 5.10 Å². The Hall–Kier alpha value is -2.01. The molecule has 0 spiro atoms. The summed E-state index contributed by atoms with van der Waals surface area (Å²) in [6, 6.07) is 5.32. The van der Waals surface area contributed by atoms with Crippen LogP contribution in [-0.2, 0) is 12.8 Å². The molecule has 0 unspecified atom stereocenters. The Morgan fingerprint density at radius 3 is 2.86 bits per heavy atom. The number of aromatic carboxylic acids is 1. The van der Waals surface area contributed by atoms with Crippen molar-refractivity contribution < 1.29 is 14.6 Å². The number of aromatic nitrogens is 2. The number of carbonyl (C=O) groups is 1. The van der Waals surface area contributed by atoms with Crippen molar-refractivity contribution in [1.29, 1.82) is 0 Å². The Morgan fingerprint density at radius 1 is 1.38 bits per heavy atom. The predicted octanol–water partition coefficient (Wildman–Crippen LogP) is 3.11. The lowest BCUT2D eigenvalue weighted by Gasteiger charge is -2.14. The van der Waals surface area contributed by atoms with Gasteiger partial charge in [-0.05, 0) is 37.8 Å². The quantitative estimate of drug-likeness (QED) is 0.946. The molecule has 1 aliphatic carbocycles. The highest BCUT2D eigenvalue weighted by Gasteiger charge is 2.25. The normalized spacial score (nSPS) is 13.8. The predicted molar refractivity (Wildman–Crippen MR) is 78.7 cm³/mol. The molecule has 2 aromatic rings. The third kappa shape index (κ3) is 2.38. The van der Waals surface area contributed by atoms with Crippen LogP contribution in [0.2, 0.25) is 5.02 Å². The second-order valence-electron chi connectivity index (χ2n) is 5.02. The first-order valence-electron chi connectivity index (χ1n) is 6.80. The molecule has 6 heteroatoms. The summed E-state index contributed by atoms with van der Waals surface area (Å²) in [5.74, 6) is -0.432. The molecular formula is C15H15ClN2O3. The first-order chi connectivity index (χ1) is 10.1. The molecule has 5 nitrogen and oxygen atoms in total. The SMILES string of the molecule is COc1cc(-n2nc(C(=O)O)c3c2CCCC3)ccc1Cl. The summed E-state index contributed by atoms with van der Waals surface area (Å²) < 4.78 is 6.92. The van der Waals surface area contributed by atoms with Crippen molar-refractivity contribution in [2.45, 2.75) is 25.7 Å². The maximum atomic E-state index is 11.4. The Morgan fingerprint density at radius 2 is 2.14 bits per heavy atom. The zero-order valence-electron chi connectivity index (χ0n) is 11.6. The van der Waals surface area contributed by atoms with E-state index in [0.717, 1.165) is 42.6 Å². The maximum absolute atomic E-state index is 11.4. The van der Waals surface area contributed by atoms with E-state index in [0.29, 0.717) is 10.8 Å². The number of carboxylic acids is 1. The lowest BCUT2D eigenvalue weighted by molar-refractivity contribution is 0.0688. The van der Waals surface area contributed by atoms with Gasteiger partial charge in [0.15, 0.2) is 5.69 Å². The number of ether oxygens (including phenoxy) is 1. The summed E-state index contributed by atoms with van der Waals surface area (Å²) in [4.78, 5) is 11.4. The number of carboxylic acid groups (broad SMARTS) is 1. The molecule has 1 aliphatic rings. The van der Waals surface area contributed by atoms with Gasteiger partial charge in [0.1, 0.15) is 5.75 Å². The molecule has 0 saturated carbocycles. The molecule has 0 atom stereocenters. The maximum Gasteiger partial charge on any atom is 0.356 e. The summed E-state index contributed by atoms with van der Waals surface area (Å²) in [5.41, 5.74) is 2.74. The van der Waals surface area contributed by atoms with Crippen LogP contribution in [0.25, 0.3) is 5.69 Å². The standard InChI is InChI=1S/C15H15ClN2O3/c1-21-13-8-9(6-7-11(13)16)18-12-5-3-2-4-10(12)14(17-18)15(19)20/h6-8H,2-5H2,1H3,(H,19,20). The summed E-state index contributed by atoms with van der Waals surface area (Å²) in [6.45, 7) is 0. The minimum absolute atomic E-state index is 0.151. The van der Waals surface area contributed by atoms with E-state index in [9.17, 15) is 9.90 Å². The van der Waals surface area contributed by atoms with Gasteiger partial charge in [-0.25, -0.2) is 9.48 Å². The van der Waals surface area contributed by atoms with Crippen LogP contribution in [0, 0.1) is 0 Å². The fourth-order valence-electron chi connectivity index (χ4n) is 2.76. The number of hydrogen-bond donors (Lipinski definition) is 1. The highest BCUT2D eigenvalue weighted by molar-refractivity contribution is 6.32. The number of nitrogens with zero attached hydrogens (tertiary/aromatic N) is 2. The second kappa shape index (κ2) is 5.41. The van der Waals surface area contributed by atoms with Crippen LogP contribution in [0.3, 0.4) is 0 Å². The number of rotatable bonds is 3. The molecule has 1 aromatic carbocycles. The van der Waals surface area contributed by atoms with Gasteiger partial charge in [0, 0.05) is 17.3 Å². The van der Waals surface area contributed by atoms with Crippen LogP contribution in [-0.4, -0.2) is 28.0 Å². The van der Waals surface area contributed by atoms with Crippen molar-refractivity contribution in [2.75, 3.05) is 7.11 Å². The summed E-state index contributed by atoms with van der Waals surface area (Å²) >= 11 is 6.03. The van der Waals surface area contributed by atoms with Gasteiger partial charge < -0.3 is 9.84 Å². The fraction of sp³-hybridized carbons (Fsp3) is 0.333. The van der Waals surface area contributed by atoms with Crippen LogP contribution in [0.15, 0.2) is 18.2 Å². The number of halogens is 1. The topological polar surface area (TPSA) is 64.4 Å². The Bertz CT molecular complexity index is 709. The molecule has 1 N–H and O–H groups in total. The van der Waals surface area contributed by atoms with Gasteiger partial charge in [-0.15, -0.1) is 0 Å². The summed E-state index contributed by atoms with van der Waals surface area (Å²) in [5, 5.41) is 14.1. The largest absolute Gasteiger partial charge is 0.495 e. The summed E-state index contributed by atoms with van der Waals surface area (Å²) in [6.07, 6.45) is 3.65. The molecule has 0 aliphatic heterocycles. The molecule has 0 amide bonds. The van der Waals surface area contributed by atoms with Crippen molar-refractivity contribution in [3.8, 4) is 11.4 Å². The number of benzene rings is 1. The minimum Gasteiger partial charge on any atom is -0.495 e. The molecule has 0 saturated heterocycles. The van der Waals surface area contributed by atoms with E-state index in [1.165, 1.54) is 0 Å². The van der Waals surface area contributed by atoms with E-state index < -0.39 is 5.97 Å². The van der Waals surface area contributed by atoms with E-state index in [1.807, 2.05) is 6.07 Å². The van der Waals surface area contributed by atoms with E-state index in [4.69, 9.17) is 16.3 Å². The number of fused-ring (bicyclic) bond motifs is 1. The third-order valence-corrected chi connectivity index (χ3v) is 4.07. The zero-order valence-corrected chi connectivity index (χ0v) is 12.4. The van der Waals surface area contributed by atoms with Crippen molar-refractivity contribution in [2.24, 2.45) is 0 Å². The number of hydrogen-bond acceptors (Lipinski definition) is 3. The van der Waals surface area contributed by atoms with Crippen LogP contribution >= 0.6 is 11.6 Å². The van der Waals surface area contributed by atoms with E-state index >= 15 is 0 Å². The first kappa shape index (κ1) is 13.9. The molecule has 3 rings (SSSR count). The van der Waals surface area contributed by atoms with Crippen molar-refractivity contribution >= 4 is 17.6 Å². The van der Waals surface area contributed by atoms with E-state index in [-0.39, 0.29) is 5.69 Å². The monoisotopic (exact) mass is 306 g/mol. The van der Waals surface area contributed by atoms with Crippen LogP contribution in [0.5, 0.6) is 5.75 Å². The fourth-order valence-corrected chi connectivity index (χ4v) is 2.96. The van der Waals surface area contributed by atoms with Gasteiger partial charge in [0.05, 0.1) is 17.8 Å². The van der Waals surface area contributed by atoms with Gasteiger partial charge in [-0.3, -0.25) is 0 Å². The van der Waals surface area contributed by atoms with Gasteiger partial charge in [0.2, 0.25) is 0 Å². The van der Waals surface area contributed by atoms with Crippen molar-refractivity contribution in [1.82, 2.24) is 9.78 Å². The Kier molecular flexibility index (Phi) is 3.59. The molecule has 21 heavy (non-hydrogen) atoms. The second-order valence-corrected chi connectivity index (χ2v) is 5.42. The Balaban J connectivity index is 2.16. The van der Waals surface area contributed by atoms with E-state index in [1.54, 1.807) is 23.9 Å². The first-order valence-corrected chi connectivity index (χ1v) is 7.17. The van der Waals surface area contributed by atoms with Gasteiger partial charge in [-0.1, -0.05) is 11.6 Å². The minimum atomic E-state index is -0.979. The molecule has 1 heterocycles.